The Labute approximate surface area is 280 Å². The van der Waals surface area contributed by atoms with Crippen LogP contribution >= 0.6 is 0 Å². The number of rotatable bonds is 9. The van der Waals surface area contributed by atoms with Crippen molar-refractivity contribution in [2.45, 2.75) is 72.6 Å². The van der Waals surface area contributed by atoms with Crippen molar-refractivity contribution in [3.8, 4) is 33.6 Å². The number of carbonyl (C=O) groups excluding carboxylic acids is 2. The molecular weight excluding hydrogens is 584 g/mol. The van der Waals surface area contributed by atoms with Crippen molar-refractivity contribution in [2.24, 2.45) is 11.8 Å². The molecule has 0 unspecified atom stereocenters. The highest BCUT2D eigenvalue weighted by molar-refractivity contribution is 5.77. The third kappa shape index (κ3) is 10.8. The molecule has 8 nitrogen and oxygen atoms in total. The van der Waals surface area contributed by atoms with E-state index in [2.05, 4.69) is 103 Å². The zero-order valence-electron chi connectivity index (χ0n) is 28.7. The fraction of sp³-hybridized carbons (Fsp3) is 0.436. The molecule has 0 atom stereocenters. The quantitative estimate of drug-likeness (QED) is 0.181. The van der Waals surface area contributed by atoms with Crippen molar-refractivity contribution in [2.75, 3.05) is 26.2 Å². The van der Waals surface area contributed by atoms with E-state index in [4.69, 9.17) is 0 Å². The molecule has 2 fully saturated rings. The molecule has 2 N–H and O–H groups in total. The van der Waals surface area contributed by atoms with E-state index in [9.17, 15) is 9.59 Å². The van der Waals surface area contributed by atoms with Crippen LogP contribution in [0.15, 0.2) is 80.0 Å². The summed E-state index contributed by atoms with van der Waals surface area (Å²) in [5.74, 6) is 1.70. The molecule has 0 bridgehead atoms. The van der Waals surface area contributed by atoms with Crippen LogP contribution in [0.2, 0.25) is 0 Å². The van der Waals surface area contributed by atoms with Gasteiger partial charge in [-0.2, -0.15) is 0 Å². The van der Waals surface area contributed by atoms with Gasteiger partial charge in [-0.05, 0) is 54.2 Å². The van der Waals surface area contributed by atoms with Crippen LogP contribution in [-0.2, 0) is 16.0 Å². The largest absolute Gasteiger partial charge is 0.348 e. The molecule has 4 aromatic rings. The third-order valence-corrected chi connectivity index (χ3v) is 8.34. The van der Waals surface area contributed by atoms with Crippen LogP contribution in [0, 0.1) is 11.8 Å². The van der Waals surface area contributed by atoms with E-state index in [1.807, 2.05) is 22.1 Å². The van der Waals surface area contributed by atoms with Gasteiger partial charge in [-0.25, -0.2) is 9.97 Å². The number of carbonyl (C=O) groups is 2. The van der Waals surface area contributed by atoms with Crippen molar-refractivity contribution in [1.29, 1.82) is 0 Å². The van der Waals surface area contributed by atoms with Gasteiger partial charge in [-0.3, -0.25) is 9.59 Å². The van der Waals surface area contributed by atoms with Gasteiger partial charge in [0, 0.05) is 56.7 Å². The fourth-order valence-electron chi connectivity index (χ4n) is 5.84. The number of benzene rings is 2. The summed E-state index contributed by atoms with van der Waals surface area (Å²) in [5, 5.41) is 0. The lowest BCUT2D eigenvalue weighted by Crippen LogP contribution is -2.28. The lowest BCUT2D eigenvalue weighted by Gasteiger charge is -2.16. The standard InChI is InChI=1S/C21H18N4.2C9H17NO/c1-2-3-19-21(25-14-24-19)18-10-6-16(7-11-18)15-4-8-17(9-5-15)20-12-22-13-23-20;2*1-8(2)7-9(11)10-5-3-4-6-10/h2,4-14H,1,3H2,(H,22,23)(H,24,25);2*8H,3-7H2,1-2H3. The molecule has 0 saturated carbocycles. The van der Waals surface area contributed by atoms with E-state index < -0.39 is 0 Å². The molecule has 4 heterocycles. The molecule has 2 aromatic heterocycles. The minimum Gasteiger partial charge on any atom is -0.348 e. The highest BCUT2D eigenvalue weighted by Gasteiger charge is 2.19. The Kier molecular flexibility index (Phi) is 13.6. The van der Waals surface area contributed by atoms with E-state index in [1.165, 1.54) is 36.8 Å². The van der Waals surface area contributed by atoms with Crippen molar-refractivity contribution in [3.63, 3.8) is 0 Å². The maximum atomic E-state index is 11.4. The first-order chi connectivity index (χ1) is 22.7. The number of nitrogens with zero attached hydrogens (tertiary/aromatic N) is 4. The first-order valence-corrected chi connectivity index (χ1v) is 17.1. The molecule has 0 spiro atoms. The molecule has 2 amide bonds. The summed E-state index contributed by atoms with van der Waals surface area (Å²) in [6, 6.07) is 17.0. The SMILES string of the molecule is C=CCc1[nH]cnc1-c1ccc(-c2ccc(-c3cnc[nH]3)cc2)cc1.CC(C)CC(=O)N1CCCC1.CC(C)CC(=O)N1CCCC1. The highest BCUT2D eigenvalue weighted by atomic mass is 16.2. The van der Waals surface area contributed by atoms with Crippen molar-refractivity contribution in [1.82, 2.24) is 29.7 Å². The Balaban J connectivity index is 0.000000188. The number of H-pyrrole nitrogens is 2. The van der Waals surface area contributed by atoms with E-state index in [1.54, 1.807) is 12.7 Å². The monoisotopic (exact) mass is 636 g/mol. The Bertz CT molecular complexity index is 1470. The molecule has 6 rings (SSSR count). The van der Waals surface area contributed by atoms with Gasteiger partial charge < -0.3 is 19.8 Å². The van der Waals surface area contributed by atoms with Crippen LogP contribution in [0.1, 0.15) is 71.9 Å². The van der Waals surface area contributed by atoms with Gasteiger partial charge in [-0.1, -0.05) is 82.3 Å². The number of nitrogens with one attached hydrogen (secondary N) is 2. The predicted molar refractivity (Wildman–Crippen MR) is 191 cm³/mol. The topological polar surface area (TPSA) is 98.0 Å². The number of amides is 2. The van der Waals surface area contributed by atoms with Gasteiger partial charge in [0.25, 0.3) is 0 Å². The first kappa shape index (κ1) is 35.4. The van der Waals surface area contributed by atoms with E-state index >= 15 is 0 Å². The van der Waals surface area contributed by atoms with Gasteiger partial charge in [-0.15, -0.1) is 6.58 Å². The van der Waals surface area contributed by atoms with Gasteiger partial charge >= 0.3 is 0 Å². The minimum atomic E-state index is 0.345. The van der Waals surface area contributed by atoms with E-state index in [0.717, 1.165) is 73.7 Å². The maximum absolute atomic E-state index is 11.4. The normalized spacial score (nSPS) is 14.1. The van der Waals surface area contributed by atoms with Gasteiger partial charge in [0.15, 0.2) is 0 Å². The fourth-order valence-corrected chi connectivity index (χ4v) is 5.84. The lowest BCUT2D eigenvalue weighted by atomic mass is 10.0. The summed E-state index contributed by atoms with van der Waals surface area (Å²) in [6.07, 6.45) is 14.2. The molecule has 2 saturated heterocycles. The molecule has 250 valence electrons. The van der Waals surface area contributed by atoms with Gasteiger partial charge in [0.2, 0.25) is 11.8 Å². The Morgan fingerprint density at radius 1 is 0.723 bits per heavy atom. The van der Waals surface area contributed by atoms with Crippen molar-refractivity contribution < 1.29 is 9.59 Å². The summed E-state index contributed by atoms with van der Waals surface area (Å²) in [5.41, 5.74) is 7.70. The van der Waals surface area contributed by atoms with Crippen molar-refractivity contribution >= 4 is 11.8 Å². The first-order valence-electron chi connectivity index (χ1n) is 17.1. The zero-order chi connectivity index (χ0) is 33.6. The molecule has 8 heteroatoms. The Morgan fingerprint density at radius 3 is 1.62 bits per heavy atom. The van der Waals surface area contributed by atoms with Crippen molar-refractivity contribution in [3.05, 3.63) is 85.7 Å². The minimum absolute atomic E-state index is 0.345. The number of hydrogen-bond acceptors (Lipinski definition) is 4. The molecular formula is C39H52N6O2. The molecule has 2 aliphatic rings. The van der Waals surface area contributed by atoms with Crippen LogP contribution < -0.4 is 0 Å². The number of imidazole rings is 2. The molecule has 47 heavy (non-hydrogen) atoms. The van der Waals surface area contributed by atoms with Crippen LogP contribution in [0.25, 0.3) is 33.6 Å². The van der Waals surface area contributed by atoms with E-state index in [0.29, 0.717) is 23.7 Å². The summed E-state index contributed by atoms with van der Waals surface area (Å²) >= 11 is 0. The summed E-state index contributed by atoms with van der Waals surface area (Å²) in [4.78, 5) is 41.5. The number of allylic oxidation sites excluding steroid dienone is 1. The Hall–Kier alpha value is -4.46. The second-order valence-corrected chi connectivity index (χ2v) is 13.2. The van der Waals surface area contributed by atoms with Crippen LogP contribution in [-0.4, -0.2) is 67.7 Å². The number of likely N-dealkylation sites (tertiary alicyclic amines) is 2. The molecule has 0 radical (unpaired) electrons. The smallest absolute Gasteiger partial charge is 0.222 e. The van der Waals surface area contributed by atoms with Crippen LogP contribution in [0.4, 0.5) is 0 Å². The summed E-state index contributed by atoms with van der Waals surface area (Å²) < 4.78 is 0. The van der Waals surface area contributed by atoms with Crippen LogP contribution in [0.5, 0.6) is 0 Å². The lowest BCUT2D eigenvalue weighted by molar-refractivity contribution is -0.131. The number of aromatic amines is 2. The average molecular weight is 637 g/mol. The van der Waals surface area contributed by atoms with Gasteiger partial charge in [0.1, 0.15) is 0 Å². The summed E-state index contributed by atoms with van der Waals surface area (Å²) in [6.45, 7) is 16.1. The Morgan fingerprint density at radius 2 is 1.19 bits per heavy atom. The van der Waals surface area contributed by atoms with Crippen LogP contribution in [0.3, 0.4) is 0 Å². The number of hydrogen-bond donors (Lipinski definition) is 2. The summed E-state index contributed by atoms with van der Waals surface area (Å²) in [7, 11) is 0. The van der Waals surface area contributed by atoms with Gasteiger partial charge in [0.05, 0.1) is 30.2 Å². The molecule has 2 aliphatic heterocycles. The second kappa shape index (κ2) is 18.0. The third-order valence-electron chi connectivity index (χ3n) is 8.34. The van der Waals surface area contributed by atoms with E-state index in [-0.39, 0.29) is 0 Å². The second-order valence-electron chi connectivity index (χ2n) is 13.2. The average Bonchev–Trinajstić information content (AvgIpc) is 3.90. The molecule has 0 aliphatic carbocycles. The highest BCUT2D eigenvalue weighted by Crippen LogP contribution is 2.27. The molecule has 2 aromatic carbocycles. The zero-order valence-corrected chi connectivity index (χ0v) is 28.7. The number of aromatic nitrogens is 4. The predicted octanol–water partition coefficient (Wildman–Crippen LogP) is 8.17. The maximum Gasteiger partial charge on any atom is 0.222 e.